The summed E-state index contributed by atoms with van der Waals surface area (Å²) >= 11 is 1.85. The van der Waals surface area contributed by atoms with E-state index in [0.717, 1.165) is 33.8 Å². The van der Waals surface area contributed by atoms with Crippen molar-refractivity contribution in [3.05, 3.63) is 60.2 Å². The molecule has 0 aliphatic carbocycles. The second-order valence-corrected chi connectivity index (χ2v) is 8.84. The number of fused-ring (bicyclic) bond motifs is 1. The van der Waals surface area contributed by atoms with Gasteiger partial charge in [0.25, 0.3) is 0 Å². The SMILES string of the molecule is CC(C)(C)Sc1cccc(-c2cc3cc(/C=C/C(=O)O)ccc3[nH]2)c1. The number of rotatable bonds is 4. The predicted octanol–water partition coefficient (Wildman–Crippen LogP) is 5.82. The largest absolute Gasteiger partial charge is 0.478 e. The van der Waals surface area contributed by atoms with E-state index < -0.39 is 5.97 Å². The third-order valence-electron chi connectivity index (χ3n) is 3.63. The molecule has 0 aliphatic rings. The van der Waals surface area contributed by atoms with Gasteiger partial charge in [-0.15, -0.1) is 11.8 Å². The topological polar surface area (TPSA) is 53.1 Å². The lowest BCUT2D eigenvalue weighted by Gasteiger charge is -2.17. The molecule has 0 atom stereocenters. The molecule has 0 saturated carbocycles. The average molecular weight is 351 g/mol. The molecule has 0 radical (unpaired) electrons. The zero-order valence-corrected chi connectivity index (χ0v) is 15.4. The van der Waals surface area contributed by atoms with E-state index in [-0.39, 0.29) is 4.75 Å². The molecule has 0 fully saturated rings. The number of carboxylic acid groups (broad SMARTS) is 1. The van der Waals surface area contributed by atoms with Crippen molar-refractivity contribution in [1.29, 1.82) is 0 Å². The highest BCUT2D eigenvalue weighted by Crippen LogP contribution is 2.34. The lowest BCUT2D eigenvalue weighted by Crippen LogP contribution is -2.06. The number of aromatic nitrogens is 1. The summed E-state index contributed by atoms with van der Waals surface area (Å²) in [7, 11) is 0. The number of aromatic amines is 1. The van der Waals surface area contributed by atoms with Crippen LogP contribution in [0.5, 0.6) is 0 Å². The van der Waals surface area contributed by atoms with Crippen LogP contribution in [0, 0.1) is 0 Å². The van der Waals surface area contributed by atoms with Gasteiger partial charge in [0, 0.05) is 32.3 Å². The Morgan fingerprint density at radius 2 is 1.92 bits per heavy atom. The number of hydrogen-bond donors (Lipinski definition) is 2. The Bertz CT molecular complexity index is 948. The van der Waals surface area contributed by atoms with E-state index in [1.165, 1.54) is 4.90 Å². The van der Waals surface area contributed by atoms with Crippen LogP contribution in [0.2, 0.25) is 0 Å². The van der Waals surface area contributed by atoms with E-state index in [9.17, 15) is 4.79 Å². The molecule has 2 N–H and O–H groups in total. The van der Waals surface area contributed by atoms with Crippen LogP contribution in [0.4, 0.5) is 0 Å². The van der Waals surface area contributed by atoms with Crippen LogP contribution < -0.4 is 0 Å². The molecule has 2 aromatic carbocycles. The summed E-state index contributed by atoms with van der Waals surface area (Å²) in [5.74, 6) is -0.942. The molecule has 128 valence electrons. The maximum absolute atomic E-state index is 10.7. The molecule has 0 amide bonds. The van der Waals surface area contributed by atoms with Gasteiger partial charge in [-0.2, -0.15) is 0 Å². The third-order valence-corrected chi connectivity index (χ3v) is 4.73. The van der Waals surface area contributed by atoms with Gasteiger partial charge < -0.3 is 10.1 Å². The average Bonchev–Trinajstić information content (AvgIpc) is 2.94. The van der Waals surface area contributed by atoms with Gasteiger partial charge in [-0.3, -0.25) is 0 Å². The van der Waals surface area contributed by atoms with E-state index >= 15 is 0 Å². The van der Waals surface area contributed by atoms with E-state index in [0.29, 0.717) is 0 Å². The van der Waals surface area contributed by atoms with E-state index in [1.807, 2.05) is 30.0 Å². The van der Waals surface area contributed by atoms with E-state index in [2.05, 4.69) is 56.1 Å². The van der Waals surface area contributed by atoms with Crippen molar-refractivity contribution in [2.45, 2.75) is 30.4 Å². The van der Waals surface area contributed by atoms with Gasteiger partial charge in [-0.1, -0.05) is 39.0 Å². The number of benzene rings is 2. The molecule has 1 heterocycles. The Kier molecular flexibility index (Phi) is 4.73. The zero-order valence-electron chi connectivity index (χ0n) is 14.5. The highest BCUT2D eigenvalue weighted by atomic mass is 32.2. The highest BCUT2D eigenvalue weighted by molar-refractivity contribution is 8.00. The summed E-state index contributed by atoms with van der Waals surface area (Å²) in [4.78, 5) is 15.3. The molecule has 3 nitrogen and oxygen atoms in total. The van der Waals surface area contributed by atoms with Gasteiger partial charge in [-0.05, 0) is 47.5 Å². The highest BCUT2D eigenvalue weighted by Gasteiger charge is 2.13. The lowest BCUT2D eigenvalue weighted by atomic mass is 10.1. The van der Waals surface area contributed by atoms with Crippen molar-refractivity contribution in [2.24, 2.45) is 0 Å². The Morgan fingerprint density at radius 3 is 2.64 bits per heavy atom. The fourth-order valence-electron chi connectivity index (χ4n) is 2.66. The number of thioether (sulfide) groups is 1. The van der Waals surface area contributed by atoms with E-state index in [1.54, 1.807) is 6.08 Å². The van der Waals surface area contributed by atoms with Crippen LogP contribution in [0.3, 0.4) is 0 Å². The number of H-pyrrole nitrogens is 1. The van der Waals surface area contributed by atoms with Gasteiger partial charge in [0.1, 0.15) is 0 Å². The number of hydrogen-bond acceptors (Lipinski definition) is 2. The first kappa shape index (κ1) is 17.4. The van der Waals surface area contributed by atoms with Crippen molar-refractivity contribution in [3.63, 3.8) is 0 Å². The summed E-state index contributed by atoms with van der Waals surface area (Å²) in [5.41, 5.74) is 4.12. The third kappa shape index (κ3) is 4.54. The molecule has 3 rings (SSSR count). The van der Waals surface area contributed by atoms with Crippen LogP contribution in [0.15, 0.2) is 59.5 Å². The molecule has 0 saturated heterocycles. The summed E-state index contributed by atoms with van der Waals surface area (Å²) < 4.78 is 0.171. The van der Waals surface area contributed by atoms with Crippen molar-refractivity contribution >= 4 is 34.7 Å². The van der Waals surface area contributed by atoms with Crippen molar-refractivity contribution in [3.8, 4) is 11.3 Å². The molecular formula is C21H21NO2S. The van der Waals surface area contributed by atoms with Gasteiger partial charge in [0.05, 0.1) is 0 Å². The molecule has 1 aromatic heterocycles. The molecule has 0 unspecified atom stereocenters. The molecular weight excluding hydrogens is 330 g/mol. The van der Waals surface area contributed by atoms with Gasteiger partial charge in [0.2, 0.25) is 0 Å². The Balaban J connectivity index is 1.94. The fraction of sp³-hybridized carbons (Fsp3) is 0.190. The monoisotopic (exact) mass is 351 g/mol. The molecule has 4 heteroatoms. The minimum Gasteiger partial charge on any atom is -0.478 e. The van der Waals surface area contributed by atoms with E-state index in [4.69, 9.17) is 5.11 Å². The number of carbonyl (C=O) groups is 1. The molecule has 25 heavy (non-hydrogen) atoms. The standard InChI is InChI=1S/C21H21NO2S/c1-21(2,3)25-17-6-4-5-15(12-17)19-13-16-11-14(8-10-20(23)24)7-9-18(16)22-19/h4-13,22H,1-3H3,(H,23,24)/b10-8+. The van der Waals surface area contributed by atoms with Crippen LogP contribution in [0.1, 0.15) is 26.3 Å². The fourth-order valence-corrected chi connectivity index (χ4v) is 3.70. The summed E-state index contributed by atoms with van der Waals surface area (Å²) in [6.07, 6.45) is 2.76. The molecule has 0 spiro atoms. The quantitative estimate of drug-likeness (QED) is 0.460. The minimum absolute atomic E-state index is 0.171. The summed E-state index contributed by atoms with van der Waals surface area (Å²) in [6.45, 7) is 6.62. The number of nitrogens with one attached hydrogen (secondary N) is 1. The van der Waals surface area contributed by atoms with Crippen LogP contribution >= 0.6 is 11.8 Å². The van der Waals surface area contributed by atoms with Crippen molar-refractivity contribution in [2.75, 3.05) is 0 Å². The summed E-state index contributed by atoms with van der Waals surface area (Å²) in [5, 5.41) is 9.82. The first-order valence-corrected chi connectivity index (χ1v) is 8.95. The Morgan fingerprint density at radius 1 is 1.12 bits per heavy atom. The Hall–Kier alpha value is -2.46. The zero-order chi connectivity index (χ0) is 18.0. The van der Waals surface area contributed by atoms with Gasteiger partial charge in [-0.25, -0.2) is 4.79 Å². The second-order valence-electron chi connectivity index (χ2n) is 6.94. The predicted molar refractivity (Wildman–Crippen MR) is 106 cm³/mol. The van der Waals surface area contributed by atoms with Gasteiger partial charge >= 0.3 is 5.97 Å². The van der Waals surface area contributed by atoms with Crippen LogP contribution in [0.25, 0.3) is 28.2 Å². The van der Waals surface area contributed by atoms with Gasteiger partial charge in [0.15, 0.2) is 0 Å². The molecule has 0 bridgehead atoms. The first-order valence-electron chi connectivity index (χ1n) is 8.13. The van der Waals surface area contributed by atoms with Crippen molar-refractivity contribution < 1.29 is 9.90 Å². The number of aliphatic carboxylic acids is 1. The maximum atomic E-state index is 10.7. The van der Waals surface area contributed by atoms with Crippen LogP contribution in [-0.4, -0.2) is 20.8 Å². The minimum atomic E-state index is -0.942. The normalized spacial score (nSPS) is 12.1. The first-order chi connectivity index (χ1) is 11.8. The van der Waals surface area contributed by atoms with Crippen LogP contribution in [-0.2, 0) is 4.79 Å². The Labute approximate surface area is 151 Å². The summed E-state index contributed by atoms with van der Waals surface area (Å²) in [6, 6.07) is 16.5. The molecule has 3 aromatic rings. The second kappa shape index (κ2) is 6.81. The van der Waals surface area contributed by atoms with Crippen molar-refractivity contribution in [1.82, 2.24) is 4.98 Å². The number of carboxylic acids is 1. The lowest BCUT2D eigenvalue weighted by molar-refractivity contribution is -0.131. The smallest absolute Gasteiger partial charge is 0.328 e. The maximum Gasteiger partial charge on any atom is 0.328 e. The molecule has 0 aliphatic heterocycles.